The van der Waals surface area contributed by atoms with E-state index in [9.17, 15) is 0 Å². The van der Waals surface area contributed by atoms with Crippen LogP contribution in [0.4, 0.5) is 0 Å². The molecule has 0 saturated carbocycles. The molecule has 6 heteroatoms. The summed E-state index contributed by atoms with van der Waals surface area (Å²) in [5.41, 5.74) is 1.27. The van der Waals surface area contributed by atoms with Crippen LogP contribution in [0, 0.1) is 0 Å². The van der Waals surface area contributed by atoms with Gasteiger partial charge in [-0.25, -0.2) is 0 Å². The Hall–Kier alpha value is -1.70. The molecule has 1 aromatic carbocycles. The zero-order chi connectivity index (χ0) is 17.9. The van der Waals surface area contributed by atoms with Crippen molar-refractivity contribution in [2.24, 2.45) is 4.99 Å². The fourth-order valence-electron chi connectivity index (χ4n) is 2.41. The molecule has 0 aliphatic heterocycles. The van der Waals surface area contributed by atoms with Gasteiger partial charge in [-0.1, -0.05) is 12.1 Å². The van der Waals surface area contributed by atoms with E-state index in [0.29, 0.717) is 6.54 Å². The van der Waals surface area contributed by atoms with Crippen LogP contribution < -0.4 is 15.4 Å². The highest BCUT2D eigenvalue weighted by Crippen LogP contribution is 2.13. The maximum Gasteiger partial charge on any atom is 0.191 e. The lowest BCUT2D eigenvalue weighted by Gasteiger charge is -2.12. The largest absolute Gasteiger partial charge is 0.491 e. The average molecular weight is 471 g/mol. The van der Waals surface area contributed by atoms with Crippen LogP contribution in [0.2, 0.25) is 0 Å². The summed E-state index contributed by atoms with van der Waals surface area (Å²) in [6.45, 7) is 8.50. The lowest BCUT2D eigenvalue weighted by molar-refractivity contribution is 0.242. The lowest BCUT2D eigenvalue weighted by atomic mass is 10.1. The second-order valence-corrected chi connectivity index (χ2v) is 6.08. The van der Waals surface area contributed by atoms with E-state index in [1.54, 1.807) is 6.26 Å². The van der Waals surface area contributed by atoms with Crippen molar-refractivity contribution in [1.29, 1.82) is 0 Å². The molecular formula is C20H30IN3O2. The van der Waals surface area contributed by atoms with Gasteiger partial charge in [0, 0.05) is 26.1 Å². The van der Waals surface area contributed by atoms with Crippen molar-refractivity contribution in [3.8, 4) is 5.75 Å². The van der Waals surface area contributed by atoms with Crippen molar-refractivity contribution in [2.75, 3.05) is 19.6 Å². The highest BCUT2D eigenvalue weighted by atomic mass is 127. The maximum absolute atomic E-state index is 5.67. The van der Waals surface area contributed by atoms with E-state index < -0.39 is 0 Å². The highest BCUT2D eigenvalue weighted by Gasteiger charge is 2.01. The summed E-state index contributed by atoms with van der Waals surface area (Å²) in [5.74, 6) is 2.72. The number of halogens is 1. The molecule has 2 N–H and O–H groups in total. The van der Waals surface area contributed by atoms with Crippen molar-refractivity contribution in [3.05, 3.63) is 54.0 Å². The molecule has 0 radical (unpaired) electrons. The molecule has 144 valence electrons. The second-order valence-electron chi connectivity index (χ2n) is 6.08. The molecule has 2 rings (SSSR count). The predicted molar refractivity (Wildman–Crippen MR) is 118 cm³/mol. The molecule has 0 unspecified atom stereocenters. The summed E-state index contributed by atoms with van der Waals surface area (Å²) in [4.78, 5) is 4.58. The minimum Gasteiger partial charge on any atom is -0.491 e. The Kier molecular flexibility index (Phi) is 10.8. The van der Waals surface area contributed by atoms with Crippen molar-refractivity contribution in [1.82, 2.24) is 10.6 Å². The fourth-order valence-corrected chi connectivity index (χ4v) is 2.41. The van der Waals surface area contributed by atoms with E-state index in [-0.39, 0.29) is 30.1 Å². The molecule has 5 nitrogen and oxygen atoms in total. The number of rotatable bonds is 9. The molecule has 0 saturated heterocycles. The first kappa shape index (κ1) is 22.3. The molecule has 0 atom stereocenters. The van der Waals surface area contributed by atoms with E-state index >= 15 is 0 Å². The van der Waals surface area contributed by atoms with Gasteiger partial charge < -0.3 is 19.8 Å². The zero-order valence-corrected chi connectivity index (χ0v) is 18.2. The van der Waals surface area contributed by atoms with Crippen LogP contribution in [0.3, 0.4) is 0 Å². The second kappa shape index (κ2) is 12.6. The minimum atomic E-state index is 0. The summed E-state index contributed by atoms with van der Waals surface area (Å²) in [7, 11) is 0. The summed E-state index contributed by atoms with van der Waals surface area (Å²) in [5, 5.41) is 6.64. The molecule has 0 aliphatic carbocycles. The Balaban J connectivity index is 0.00000338. The van der Waals surface area contributed by atoms with Gasteiger partial charge in [0.1, 0.15) is 11.5 Å². The van der Waals surface area contributed by atoms with Crippen LogP contribution in [0.25, 0.3) is 0 Å². The zero-order valence-electron chi connectivity index (χ0n) is 15.8. The molecule has 0 fully saturated rings. The first-order valence-corrected chi connectivity index (χ1v) is 8.97. The van der Waals surface area contributed by atoms with Gasteiger partial charge in [-0.3, -0.25) is 4.99 Å². The quantitative estimate of drug-likeness (QED) is 0.330. The third kappa shape index (κ3) is 8.60. The number of nitrogens with zero attached hydrogens (tertiary/aromatic N) is 1. The van der Waals surface area contributed by atoms with E-state index in [1.807, 2.05) is 38.1 Å². The van der Waals surface area contributed by atoms with Crippen molar-refractivity contribution >= 4 is 29.9 Å². The highest BCUT2D eigenvalue weighted by molar-refractivity contribution is 14.0. The third-order valence-corrected chi connectivity index (χ3v) is 3.55. The van der Waals surface area contributed by atoms with Crippen LogP contribution in [-0.4, -0.2) is 31.7 Å². The fraction of sp³-hybridized carbons (Fsp3) is 0.450. The van der Waals surface area contributed by atoms with Gasteiger partial charge in [0.15, 0.2) is 5.96 Å². The Morgan fingerprint density at radius 3 is 2.50 bits per heavy atom. The Bertz CT molecular complexity index is 625. The molecular weight excluding hydrogens is 441 g/mol. The summed E-state index contributed by atoms with van der Waals surface area (Å²) in [6, 6.07) is 12.2. The van der Waals surface area contributed by atoms with Crippen LogP contribution in [0.1, 0.15) is 32.1 Å². The van der Waals surface area contributed by atoms with E-state index in [1.165, 1.54) is 5.56 Å². The lowest BCUT2D eigenvalue weighted by Crippen LogP contribution is -2.38. The molecule has 1 aromatic heterocycles. The van der Waals surface area contributed by atoms with E-state index in [4.69, 9.17) is 9.15 Å². The number of furan rings is 1. The van der Waals surface area contributed by atoms with Crippen LogP contribution in [-0.2, 0) is 12.8 Å². The topological polar surface area (TPSA) is 58.8 Å². The third-order valence-electron chi connectivity index (χ3n) is 3.55. The monoisotopic (exact) mass is 471 g/mol. The van der Waals surface area contributed by atoms with Crippen molar-refractivity contribution in [2.45, 2.75) is 39.7 Å². The van der Waals surface area contributed by atoms with Gasteiger partial charge >= 0.3 is 0 Å². The van der Waals surface area contributed by atoms with Crippen LogP contribution in [0.15, 0.2) is 52.1 Å². The summed E-state index contributed by atoms with van der Waals surface area (Å²) >= 11 is 0. The Labute approximate surface area is 173 Å². The Morgan fingerprint density at radius 1 is 1.12 bits per heavy atom. The van der Waals surface area contributed by atoms with Crippen molar-refractivity contribution < 1.29 is 9.15 Å². The van der Waals surface area contributed by atoms with Crippen LogP contribution >= 0.6 is 24.0 Å². The molecule has 1 heterocycles. The smallest absolute Gasteiger partial charge is 0.191 e. The van der Waals surface area contributed by atoms with E-state index in [2.05, 4.69) is 34.7 Å². The number of nitrogens with one attached hydrogen (secondary N) is 2. The van der Waals surface area contributed by atoms with Gasteiger partial charge in [0.05, 0.1) is 12.4 Å². The SMILES string of the molecule is CCNC(=NCCc1ccco1)NCCc1ccc(OC(C)C)cc1.I. The van der Waals surface area contributed by atoms with Gasteiger partial charge in [0.2, 0.25) is 0 Å². The van der Waals surface area contributed by atoms with Gasteiger partial charge in [0.25, 0.3) is 0 Å². The molecule has 26 heavy (non-hydrogen) atoms. The first-order valence-electron chi connectivity index (χ1n) is 8.97. The van der Waals surface area contributed by atoms with Gasteiger partial charge in [-0.2, -0.15) is 0 Å². The number of benzene rings is 1. The maximum atomic E-state index is 5.67. The number of hydrogen-bond donors (Lipinski definition) is 2. The minimum absolute atomic E-state index is 0. The molecule has 0 spiro atoms. The van der Waals surface area contributed by atoms with Crippen molar-refractivity contribution in [3.63, 3.8) is 0 Å². The van der Waals surface area contributed by atoms with Crippen LogP contribution in [0.5, 0.6) is 5.75 Å². The number of guanidine groups is 1. The number of hydrogen-bond acceptors (Lipinski definition) is 3. The normalized spacial score (nSPS) is 11.2. The average Bonchev–Trinajstić information content (AvgIpc) is 3.09. The summed E-state index contributed by atoms with van der Waals surface area (Å²) < 4.78 is 11.0. The molecule has 0 aliphatic rings. The Morgan fingerprint density at radius 2 is 1.88 bits per heavy atom. The van der Waals surface area contributed by atoms with Gasteiger partial charge in [-0.05, 0) is 57.0 Å². The molecule has 0 amide bonds. The van der Waals surface area contributed by atoms with E-state index in [0.717, 1.165) is 43.4 Å². The number of ether oxygens (including phenoxy) is 1. The molecule has 2 aromatic rings. The predicted octanol–water partition coefficient (Wildman–Crippen LogP) is 4.03. The number of aliphatic imine (C=N–C) groups is 1. The molecule has 0 bridgehead atoms. The van der Waals surface area contributed by atoms with Gasteiger partial charge in [-0.15, -0.1) is 24.0 Å². The first-order chi connectivity index (χ1) is 12.2. The summed E-state index contributed by atoms with van der Waals surface area (Å²) in [6.07, 6.45) is 3.64. The standard InChI is InChI=1S/C20H29N3O2.HI/c1-4-21-20(23-14-12-18-6-5-15-24-18)22-13-11-17-7-9-19(10-8-17)25-16(2)3;/h5-10,15-16H,4,11-14H2,1-3H3,(H2,21,22,23);1H.